The molecule has 3 aromatic carbocycles. The van der Waals surface area contributed by atoms with Crippen LogP contribution in [0.25, 0.3) is 0 Å². The zero-order valence-corrected chi connectivity index (χ0v) is 21.6. The van der Waals surface area contributed by atoms with Crippen LogP contribution in [0, 0.1) is 0 Å². The Hall–Kier alpha value is -3.95. The quantitative estimate of drug-likeness (QED) is 0.445. The van der Waals surface area contributed by atoms with Crippen LogP contribution < -0.4 is 14.4 Å². The number of carbonyl (C=O) groups is 3. The number of hydrogen-bond donors (Lipinski definition) is 2. The number of hydrogen-bond acceptors (Lipinski definition) is 5. The van der Waals surface area contributed by atoms with Gasteiger partial charge in [-0.3, -0.25) is 9.69 Å². The van der Waals surface area contributed by atoms with Crippen LogP contribution in [0.4, 0.5) is 10.5 Å². The smallest absolute Gasteiger partial charge is 0.408 e. The van der Waals surface area contributed by atoms with Crippen molar-refractivity contribution in [2.45, 2.75) is 31.7 Å². The molecule has 2 N–H and O–H groups in total. The number of nitrogens with zero attached hydrogens (tertiary/aromatic N) is 2. The fourth-order valence-corrected chi connectivity index (χ4v) is 4.92. The number of rotatable bonds is 5. The lowest BCUT2D eigenvalue weighted by Gasteiger charge is -2.36. The van der Waals surface area contributed by atoms with Gasteiger partial charge in [-0.05, 0) is 53.1 Å². The predicted molar refractivity (Wildman–Crippen MR) is 139 cm³/mol. The molecule has 0 aromatic heterocycles. The fraction of sp³-hybridized carbons (Fsp3) is 0.222. The number of ether oxygens (including phenoxy) is 2. The number of carboxylic acid groups (broad SMARTS) is 2. The Bertz CT molecular complexity index is 1440. The number of anilines is 1. The second-order valence-electron chi connectivity index (χ2n) is 9.06. The predicted octanol–water partition coefficient (Wildman–Crippen LogP) is 5.16. The Morgan fingerprint density at radius 2 is 1.76 bits per heavy atom. The van der Waals surface area contributed by atoms with Crippen LogP contribution in [-0.2, 0) is 29.2 Å². The molecular formula is C27H22Cl2N2O7. The van der Waals surface area contributed by atoms with Crippen LogP contribution in [0.1, 0.15) is 28.4 Å². The summed E-state index contributed by atoms with van der Waals surface area (Å²) in [6.07, 6.45) is -2.23. The van der Waals surface area contributed by atoms with Crippen molar-refractivity contribution in [1.82, 2.24) is 4.90 Å². The first-order valence-electron chi connectivity index (χ1n) is 11.6. The van der Waals surface area contributed by atoms with E-state index in [4.69, 9.17) is 32.7 Å². The minimum absolute atomic E-state index is 0.000602. The van der Waals surface area contributed by atoms with E-state index in [1.807, 2.05) is 6.07 Å². The van der Waals surface area contributed by atoms with Gasteiger partial charge >= 0.3 is 12.1 Å². The molecule has 11 heteroatoms. The minimum Gasteiger partial charge on any atom is -0.489 e. The Morgan fingerprint density at radius 1 is 1.03 bits per heavy atom. The molecule has 0 fully saturated rings. The van der Waals surface area contributed by atoms with Gasteiger partial charge in [0.05, 0.1) is 22.3 Å². The summed E-state index contributed by atoms with van der Waals surface area (Å²) in [5.41, 5.74) is 3.27. The third-order valence-electron chi connectivity index (χ3n) is 6.68. The lowest BCUT2D eigenvalue weighted by Crippen LogP contribution is -2.48. The van der Waals surface area contributed by atoms with Crippen molar-refractivity contribution in [3.63, 3.8) is 0 Å². The summed E-state index contributed by atoms with van der Waals surface area (Å²) in [6, 6.07) is 14.4. The molecule has 2 aliphatic rings. The van der Waals surface area contributed by atoms with Gasteiger partial charge in [-0.1, -0.05) is 41.4 Å². The largest absolute Gasteiger partial charge is 0.489 e. The molecule has 0 aliphatic carbocycles. The number of aliphatic carboxylic acids is 1. The van der Waals surface area contributed by atoms with Gasteiger partial charge in [0, 0.05) is 19.0 Å². The first-order valence-corrected chi connectivity index (χ1v) is 12.4. The second kappa shape index (κ2) is 10.1. The summed E-state index contributed by atoms with van der Waals surface area (Å²) in [4.78, 5) is 38.8. The Morgan fingerprint density at radius 3 is 2.42 bits per heavy atom. The summed E-state index contributed by atoms with van der Waals surface area (Å²) in [6.45, 7) is 0.192. The van der Waals surface area contributed by atoms with Crippen molar-refractivity contribution in [1.29, 1.82) is 0 Å². The maximum absolute atomic E-state index is 13.2. The van der Waals surface area contributed by atoms with Crippen molar-refractivity contribution in [2.24, 2.45) is 0 Å². The first-order chi connectivity index (χ1) is 18.1. The van der Waals surface area contributed by atoms with Gasteiger partial charge in [-0.15, -0.1) is 0 Å². The zero-order chi connectivity index (χ0) is 27.1. The molecule has 0 spiro atoms. The van der Waals surface area contributed by atoms with Crippen LogP contribution in [0.3, 0.4) is 0 Å². The molecule has 196 valence electrons. The molecule has 1 unspecified atom stereocenters. The lowest BCUT2D eigenvalue weighted by atomic mass is 9.92. The monoisotopic (exact) mass is 556 g/mol. The highest BCUT2D eigenvalue weighted by molar-refractivity contribution is 6.42. The van der Waals surface area contributed by atoms with Gasteiger partial charge in [0.2, 0.25) is 6.10 Å². The molecule has 38 heavy (non-hydrogen) atoms. The number of amides is 2. The van der Waals surface area contributed by atoms with E-state index in [0.717, 1.165) is 10.5 Å². The van der Waals surface area contributed by atoms with E-state index >= 15 is 0 Å². The Labute approximate surface area is 227 Å². The summed E-state index contributed by atoms with van der Waals surface area (Å²) < 4.78 is 11.9. The maximum Gasteiger partial charge on any atom is 0.408 e. The number of fused-ring (bicyclic) bond motifs is 2. The molecule has 2 amide bonds. The van der Waals surface area contributed by atoms with Gasteiger partial charge in [0.15, 0.2) is 0 Å². The second-order valence-corrected chi connectivity index (χ2v) is 9.87. The summed E-state index contributed by atoms with van der Waals surface area (Å²) in [5, 5.41) is 19.9. The standard InChI is InChI=1S/C27H22Cl2N2O7/c1-30-21-9-16-10-22(26(33)34)31(27(35)36)12-17(16)11-23(21)38-24(25(30)32)15-3-5-18(6-4-15)37-13-14-2-7-19(28)20(29)8-14/h2-9,11,22,24H,10,12-13H2,1H3,(H,33,34)(H,35,36)/t22?,24-/m0/s1. The lowest BCUT2D eigenvalue weighted by molar-refractivity contribution is -0.143. The van der Waals surface area contributed by atoms with E-state index < -0.39 is 24.2 Å². The molecule has 2 atom stereocenters. The summed E-state index contributed by atoms with van der Waals surface area (Å²) in [7, 11) is 1.62. The third-order valence-corrected chi connectivity index (χ3v) is 7.41. The van der Waals surface area contributed by atoms with E-state index in [0.29, 0.717) is 43.9 Å². The highest BCUT2D eigenvalue weighted by Gasteiger charge is 2.38. The fourth-order valence-electron chi connectivity index (χ4n) is 4.60. The van der Waals surface area contributed by atoms with Crippen LogP contribution in [0.5, 0.6) is 11.5 Å². The SMILES string of the molecule is CN1C(=O)[C@H](c2ccc(OCc3ccc(Cl)c(Cl)c3)cc2)Oc2cc3c(cc21)CC(C(=O)O)N(C(=O)O)C3. The number of benzene rings is 3. The molecule has 2 heterocycles. The molecule has 0 saturated heterocycles. The Kier molecular flexibility index (Phi) is 6.81. The normalized spacial score (nSPS) is 18.3. The first kappa shape index (κ1) is 25.7. The molecule has 9 nitrogen and oxygen atoms in total. The topological polar surface area (TPSA) is 117 Å². The van der Waals surface area contributed by atoms with Gasteiger partial charge in [-0.2, -0.15) is 0 Å². The Balaban J connectivity index is 1.35. The van der Waals surface area contributed by atoms with Crippen LogP contribution >= 0.6 is 23.2 Å². The van der Waals surface area contributed by atoms with Crippen LogP contribution in [0.15, 0.2) is 54.6 Å². The van der Waals surface area contributed by atoms with Crippen molar-refractivity contribution in [2.75, 3.05) is 11.9 Å². The van der Waals surface area contributed by atoms with E-state index in [-0.39, 0.29) is 25.5 Å². The molecule has 0 radical (unpaired) electrons. The van der Waals surface area contributed by atoms with E-state index in [2.05, 4.69) is 0 Å². The highest BCUT2D eigenvalue weighted by Crippen LogP contribution is 2.42. The van der Waals surface area contributed by atoms with Gasteiger partial charge in [-0.25, -0.2) is 9.59 Å². The van der Waals surface area contributed by atoms with Crippen molar-refractivity contribution >= 4 is 46.9 Å². The number of carboxylic acids is 1. The van der Waals surface area contributed by atoms with E-state index in [1.54, 1.807) is 55.6 Å². The number of carbonyl (C=O) groups excluding carboxylic acids is 1. The molecule has 5 rings (SSSR count). The third kappa shape index (κ3) is 4.82. The molecule has 2 aliphatic heterocycles. The van der Waals surface area contributed by atoms with Crippen molar-refractivity contribution in [3.05, 3.63) is 86.9 Å². The van der Waals surface area contributed by atoms with E-state index in [1.165, 1.54) is 4.90 Å². The van der Waals surface area contributed by atoms with Crippen molar-refractivity contribution < 1.29 is 34.1 Å². The summed E-state index contributed by atoms with van der Waals surface area (Å²) in [5.74, 6) is -0.511. The van der Waals surface area contributed by atoms with Crippen molar-refractivity contribution in [3.8, 4) is 11.5 Å². The van der Waals surface area contributed by atoms with Crippen LogP contribution in [0.2, 0.25) is 10.0 Å². The zero-order valence-electron chi connectivity index (χ0n) is 20.1. The van der Waals surface area contributed by atoms with E-state index in [9.17, 15) is 24.6 Å². The summed E-state index contributed by atoms with van der Waals surface area (Å²) >= 11 is 12.0. The molecule has 0 bridgehead atoms. The highest BCUT2D eigenvalue weighted by atomic mass is 35.5. The average Bonchev–Trinajstić information content (AvgIpc) is 2.90. The number of halogens is 2. The molecule has 3 aromatic rings. The van der Waals surface area contributed by atoms with Crippen LogP contribution in [-0.4, -0.2) is 46.2 Å². The maximum atomic E-state index is 13.2. The van der Waals surface area contributed by atoms with Gasteiger partial charge in [0.1, 0.15) is 24.1 Å². The molecular weight excluding hydrogens is 535 g/mol. The average molecular weight is 557 g/mol. The minimum atomic E-state index is -1.31. The molecule has 0 saturated carbocycles. The van der Waals surface area contributed by atoms with Gasteiger partial charge in [0.25, 0.3) is 5.91 Å². The number of likely N-dealkylation sites (N-methyl/N-ethyl adjacent to an activating group) is 1. The van der Waals surface area contributed by atoms with Gasteiger partial charge < -0.3 is 24.6 Å².